The Kier molecular flexibility index (Phi) is 3.51. The molecule has 0 amide bonds. The van der Waals surface area contributed by atoms with Gasteiger partial charge in [-0.2, -0.15) is 0 Å². The van der Waals surface area contributed by atoms with Crippen molar-refractivity contribution in [2.45, 2.75) is 0 Å². The van der Waals surface area contributed by atoms with Crippen LogP contribution in [0.2, 0.25) is 0 Å². The van der Waals surface area contributed by atoms with Crippen LogP contribution in [0.4, 0.5) is 8.78 Å². The summed E-state index contributed by atoms with van der Waals surface area (Å²) in [7, 11) is 0. The van der Waals surface area contributed by atoms with Gasteiger partial charge in [0, 0.05) is 54.1 Å². The fourth-order valence-corrected chi connectivity index (χ4v) is 1.74. The molecule has 0 unspecified atom stereocenters. The first-order chi connectivity index (χ1) is 10.2. The molecule has 0 radical (unpaired) electrons. The first-order valence-electron chi connectivity index (χ1n) is 6.07. The van der Waals surface area contributed by atoms with Crippen molar-refractivity contribution in [3.05, 3.63) is 66.8 Å². The predicted octanol–water partition coefficient (Wildman–Crippen LogP) is 3.61. The van der Waals surface area contributed by atoms with E-state index in [9.17, 15) is 8.78 Å². The molecule has 1 aromatic carbocycles. The summed E-state index contributed by atoms with van der Waals surface area (Å²) < 4.78 is 31.3. The second-order valence-electron chi connectivity index (χ2n) is 4.20. The number of hydrogen-bond donors (Lipinski definition) is 0. The summed E-state index contributed by atoms with van der Waals surface area (Å²) in [6.07, 6.45) is 6.45. The van der Waals surface area contributed by atoms with Crippen molar-refractivity contribution < 1.29 is 13.5 Å². The van der Waals surface area contributed by atoms with Crippen molar-refractivity contribution in [3.8, 4) is 22.9 Å². The Morgan fingerprint density at radius 3 is 2.19 bits per heavy atom. The minimum absolute atomic E-state index is 0.00151. The van der Waals surface area contributed by atoms with Crippen LogP contribution >= 0.6 is 0 Å². The van der Waals surface area contributed by atoms with E-state index in [0.717, 1.165) is 29.3 Å². The normalized spacial score (nSPS) is 10.4. The van der Waals surface area contributed by atoms with Crippen LogP contribution in [-0.2, 0) is 0 Å². The standard InChI is InChI=1S/C15H9F2N3O/c16-12-4-13(17)6-14(5-12)21-15-19-8-11(9-20-15)10-2-1-3-18-7-10/h1-9H. The van der Waals surface area contributed by atoms with E-state index in [2.05, 4.69) is 15.0 Å². The van der Waals surface area contributed by atoms with Crippen LogP contribution in [0.15, 0.2) is 55.1 Å². The smallest absolute Gasteiger partial charge is 0.321 e. The number of aromatic nitrogens is 3. The van der Waals surface area contributed by atoms with Crippen molar-refractivity contribution in [1.29, 1.82) is 0 Å². The molecule has 0 saturated carbocycles. The zero-order valence-electron chi connectivity index (χ0n) is 10.7. The zero-order valence-corrected chi connectivity index (χ0v) is 10.7. The lowest BCUT2D eigenvalue weighted by Gasteiger charge is -2.05. The summed E-state index contributed by atoms with van der Waals surface area (Å²) in [5.41, 5.74) is 1.63. The summed E-state index contributed by atoms with van der Waals surface area (Å²) in [5.74, 6) is -1.45. The third-order valence-electron chi connectivity index (χ3n) is 2.67. The van der Waals surface area contributed by atoms with Crippen LogP contribution in [0.5, 0.6) is 11.8 Å². The minimum atomic E-state index is -0.725. The molecule has 0 N–H and O–H groups in total. The van der Waals surface area contributed by atoms with E-state index in [1.54, 1.807) is 30.9 Å². The molecule has 3 aromatic rings. The van der Waals surface area contributed by atoms with Crippen LogP contribution in [0.25, 0.3) is 11.1 Å². The first kappa shape index (κ1) is 13.1. The van der Waals surface area contributed by atoms with E-state index in [-0.39, 0.29) is 11.8 Å². The number of ether oxygens (including phenoxy) is 1. The topological polar surface area (TPSA) is 47.9 Å². The van der Waals surface area contributed by atoms with Crippen molar-refractivity contribution in [2.75, 3.05) is 0 Å². The van der Waals surface area contributed by atoms with Gasteiger partial charge in [-0.3, -0.25) is 4.98 Å². The summed E-state index contributed by atoms with van der Waals surface area (Å²) in [6, 6.07) is 6.55. The molecular formula is C15H9F2N3O. The SMILES string of the molecule is Fc1cc(F)cc(Oc2ncc(-c3cccnc3)cn2)c1. The van der Waals surface area contributed by atoms with Gasteiger partial charge in [-0.05, 0) is 6.07 Å². The summed E-state index contributed by atoms with van der Waals surface area (Å²) in [6.45, 7) is 0. The molecule has 6 heteroatoms. The van der Waals surface area contributed by atoms with Crippen molar-refractivity contribution in [2.24, 2.45) is 0 Å². The van der Waals surface area contributed by atoms with Gasteiger partial charge in [-0.1, -0.05) is 6.07 Å². The lowest BCUT2D eigenvalue weighted by atomic mass is 10.2. The van der Waals surface area contributed by atoms with Crippen LogP contribution in [-0.4, -0.2) is 15.0 Å². The molecule has 3 rings (SSSR count). The first-order valence-corrected chi connectivity index (χ1v) is 6.07. The number of nitrogens with zero attached hydrogens (tertiary/aromatic N) is 3. The second-order valence-corrected chi connectivity index (χ2v) is 4.20. The van der Waals surface area contributed by atoms with Gasteiger partial charge >= 0.3 is 6.01 Å². The second kappa shape index (κ2) is 5.62. The Balaban J connectivity index is 1.81. The number of halogens is 2. The Morgan fingerprint density at radius 1 is 0.857 bits per heavy atom. The number of hydrogen-bond acceptors (Lipinski definition) is 4. The molecule has 104 valence electrons. The molecule has 0 bridgehead atoms. The highest BCUT2D eigenvalue weighted by Gasteiger charge is 2.06. The van der Waals surface area contributed by atoms with Crippen LogP contribution < -0.4 is 4.74 Å². The Morgan fingerprint density at radius 2 is 1.57 bits per heavy atom. The minimum Gasteiger partial charge on any atom is -0.424 e. The molecule has 4 nitrogen and oxygen atoms in total. The molecule has 21 heavy (non-hydrogen) atoms. The highest BCUT2D eigenvalue weighted by atomic mass is 19.1. The lowest BCUT2D eigenvalue weighted by Crippen LogP contribution is -1.93. The van der Waals surface area contributed by atoms with Gasteiger partial charge < -0.3 is 4.74 Å². The van der Waals surface area contributed by atoms with E-state index in [0.29, 0.717) is 0 Å². The molecule has 0 fully saturated rings. The fraction of sp³-hybridized carbons (Fsp3) is 0. The molecule has 0 spiro atoms. The van der Waals surface area contributed by atoms with E-state index >= 15 is 0 Å². The quantitative estimate of drug-likeness (QED) is 0.737. The number of benzene rings is 1. The van der Waals surface area contributed by atoms with Gasteiger partial charge in [0.2, 0.25) is 0 Å². The molecule has 0 aliphatic heterocycles. The van der Waals surface area contributed by atoms with Gasteiger partial charge in [0.15, 0.2) is 0 Å². The predicted molar refractivity (Wildman–Crippen MR) is 71.7 cm³/mol. The summed E-state index contributed by atoms with van der Waals surface area (Å²) in [4.78, 5) is 12.0. The maximum absolute atomic E-state index is 13.0. The molecule has 0 atom stereocenters. The fourth-order valence-electron chi connectivity index (χ4n) is 1.74. The van der Waals surface area contributed by atoms with Crippen LogP contribution in [0, 0.1) is 11.6 Å². The summed E-state index contributed by atoms with van der Waals surface area (Å²) >= 11 is 0. The lowest BCUT2D eigenvalue weighted by molar-refractivity contribution is 0.432. The highest BCUT2D eigenvalue weighted by molar-refractivity contribution is 5.59. The van der Waals surface area contributed by atoms with Gasteiger partial charge in [0.25, 0.3) is 0 Å². The third kappa shape index (κ3) is 3.17. The molecule has 0 saturated heterocycles. The third-order valence-corrected chi connectivity index (χ3v) is 2.67. The van der Waals surface area contributed by atoms with Crippen molar-refractivity contribution in [3.63, 3.8) is 0 Å². The van der Waals surface area contributed by atoms with Crippen molar-refractivity contribution >= 4 is 0 Å². The Hall–Kier alpha value is -2.89. The monoisotopic (exact) mass is 285 g/mol. The maximum Gasteiger partial charge on any atom is 0.321 e. The largest absolute Gasteiger partial charge is 0.424 e. The summed E-state index contributed by atoms with van der Waals surface area (Å²) in [5, 5.41) is 0. The van der Waals surface area contributed by atoms with Gasteiger partial charge in [-0.25, -0.2) is 18.7 Å². The van der Waals surface area contributed by atoms with Crippen LogP contribution in [0.3, 0.4) is 0 Å². The maximum atomic E-state index is 13.0. The van der Waals surface area contributed by atoms with Gasteiger partial charge in [0.1, 0.15) is 17.4 Å². The van der Waals surface area contributed by atoms with Crippen LogP contribution in [0.1, 0.15) is 0 Å². The highest BCUT2D eigenvalue weighted by Crippen LogP contribution is 2.22. The van der Waals surface area contributed by atoms with E-state index < -0.39 is 11.6 Å². The molecule has 2 aromatic heterocycles. The average Bonchev–Trinajstić information content (AvgIpc) is 2.48. The average molecular weight is 285 g/mol. The molecule has 0 aliphatic rings. The number of pyridine rings is 1. The van der Waals surface area contributed by atoms with E-state index in [4.69, 9.17) is 4.74 Å². The van der Waals surface area contributed by atoms with Gasteiger partial charge in [-0.15, -0.1) is 0 Å². The molecule has 2 heterocycles. The van der Waals surface area contributed by atoms with E-state index in [1.807, 2.05) is 6.07 Å². The molecular weight excluding hydrogens is 276 g/mol. The zero-order chi connectivity index (χ0) is 14.7. The Bertz CT molecular complexity index is 728. The van der Waals surface area contributed by atoms with Crippen molar-refractivity contribution in [1.82, 2.24) is 15.0 Å². The number of rotatable bonds is 3. The molecule has 0 aliphatic carbocycles. The van der Waals surface area contributed by atoms with Gasteiger partial charge in [0.05, 0.1) is 0 Å². The van der Waals surface area contributed by atoms with E-state index in [1.165, 1.54) is 0 Å². The Labute approximate surface area is 119 Å².